The Balaban J connectivity index is 2.18. The Bertz CT molecular complexity index is 493. The van der Waals surface area contributed by atoms with Gasteiger partial charge >= 0.3 is 0 Å². The minimum absolute atomic E-state index is 0.0813. The molecule has 1 N–H and O–H groups in total. The Hall–Kier alpha value is -1.64. The highest BCUT2D eigenvalue weighted by Gasteiger charge is 2.40. The van der Waals surface area contributed by atoms with Gasteiger partial charge in [-0.15, -0.1) is 0 Å². The van der Waals surface area contributed by atoms with Crippen LogP contribution in [0.15, 0.2) is 18.2 Å². The number of nitrogens with one attached hydrogen (secondary N) is 1. The van der Waals surface area contributed by atoms with Crippen molar-refractivity contribution in [2.45, 2.75) is 26.7 Å². The van der Waals surface area contributed by atoms with Crippen molar-refractivity contribution < 1.29 is 9.59 Å². The number of anilines is 1. The molecule has 1 aromatic rings. The summed E-state index contributed by atoms with van der Waals surface area (Å²) in [4.78, 5) is 22.7. The fourth-order valence-corrected chi connectivity index (χ4v) is 2.48. The Morgan fingerprint density at radius 3 is 2.56 bits per heavy atom. The number of hydrogen-bond donors (Lipinski definition) is 1. The lowest BCUT2D eigenvalue weighted by Crippen LogP contribution is -2.03. The quantitative estimate of drug-likeness (QED) is 0.811. The third-order valence-electron chi connectivity index (χ3n) is 3.71. The molecule has 18 heavy (non-hydrogen) atoms. The van der Waals surface area contributed by atoms with Gasteiger partial charge in [-0.25, -0.2) is 0 Å². The summed E-state index contributed by atoms with van der Waals surface area (Å²) < 4.78 is 0. The molecule has 2 rings (SSSR count). The molecule has 3 heteroatoms. The van der Waals surface area contributed by atoms with Crippen molar-refractivity contribution in [2.24, 2.45) is 11.8 Å². The lowest BCUT2D eigenvalue weighted by atomic mass is 10.0. The molecule has 0 spiro atoms. The third-order valence-corrected chi connectivity index (χ3v) is 3.71. The number of carbonyl (C=O) groups excluding carboxylic acids is 2. The van der Waals surface area contributed by atoms with Crippen LogP contribution < -0.4 is 5.32 Å². The van der Waals surface area contributed by atoms with Crippen molar-refractivity contribution >= 4 is 17.3 Å². The molecule has 0 radical (unpaired) electrons. The molecule has 0 aromatic heterocycles. The summed E-state index contributed by atoms with van der Waals surface area (Å²) in [6.45, 7) is 3.24. The predicted molar refractivity (Wildman–Crippen MR) is 72.0 cm³/mol. The largest absolute Gasteiger partial charge is 0.388 e. The van der Waals surface area contributed by atoms with Crippen LogP contribution in [0.2, 0.25) is 0 Å². The first-order valence-corrected chi connectivity index (χ1v) is 6.35. The van der Waals surface area contributed by atoms with Crippen LogP contribution in [0.25, 0.3) is 0 Å². The Morgan fingerprint density at radius 1 is 1.33 bits per heavy atom. The van der Waals surface area contributed by atoms with Crippen LogP contribution in [-0.2, 0) is 11.2 Å². The van der Waals surface area contributed by atoms with Crippen molar-refractivity contribution in [3.8, 4) is 0 Å². The van der Waals surface area contributed by atoms with E-state index in [9.17, 15) is 9.59 Å². The maximum absolute atomic E-state index is 11.4. The van der Waals surface area contributed by atoms with E-state index in [4.69, 9.17) is 0 Å². The minimum Gasteiger partial charge on any atom is -0.388 e. The second kappa shape index (κ2) is 4.92. The van der Waals surface area contributed by atoms with E-state index in [0.29, 0.717) is 5.92 Å². The van der Waals surface area contributed by atoms with Gasteiger partial charge in [0.1, 0.15) is 5.78 Å². The second-order valence-electron chi connectivity index (χ2n) is 5.10. The molecule has 1 aliphatic carbocycles. The molecule has 1 aliphatic rings. The Morgan fingerprint density at radius 2 is 2.06 bits per heavy atom. The number of ketones is 2. The van der Waals surface area contributed by atoms with Gasteiger partial charge in [-0.05, 0) is 56.4 Å². The zero-order valence-corrected chi connectivity index (χ0v) is 11.1. The van der Waals surface area contributed by atoms with Crippen molar-refractivity contribution in [3.63, 3.8) is 0 Å². The molecule has 0 heterocycles. The van der Waals surface area contributed by atoms with Gasteiger partial charge in [-0.3, -0.25) is 9.59 Å². The molecule has 1 aromatic carbocycles. The highest BCUT2D eigenvalue weighted by Crippen LogP contribution is 2.42. The highest BCUT2D eigenvalue weighted by molar-refractivity contribution is 5.94. The highest BCUT2D eigenvalue weighted by atomic mass is 16.1. The van der Waals surface area contributed by atoms with E-state index < -0.39 is 0 Å². The minimum atomic E-state index is 0.0813. The summed E-state index contributed by atoms with van der Waals surface area (Å²) >= 11 is 0. The molecule has 1 saturated carbocycles. The summed E-state index contributed by atoms with van der Waals surface area (Å²) in [6.07, 6.45) is 1.87. The average molecular weight is 245 g/mol. The average Bonchev–Trinajstić information content (AvgIpc) is 3.08. The van der Waals surface area contributed by atoms with Crippen LogP contribution in [0.4, 0.5) is 5.69 Å². The van der Waals surface area contributed by atoms with Crippen molar-refractivity contribution in [2.75, 3.05) is 12.4 Å². The molecule has 96 valence electrons. The van der Waals surface area contributed by atoms with E-state index in [1.807, 2.05) is 25.2 Å². The van der Waals surface area contributed by atoms with E-state index in [2.05, 4.69) is 5.32 Å². The summed E-state index contributed by atoms with van der Waals surface area (Å²) in [5.74, 6) is 1.05. The van der Waals surface area contributed by atoms with Gasteiger partial charge in [-0.1, -0.05) is 0 Å². The fraction of sp³-hybridized carbons (Fsp3) is 0.467. The molecule has 2 atom stereocenters. The SMILES string of the molecule is CNc1ccc(C(C)=O)cc1CC1CC1C(C)=O. The Kier molecular flexibility index (Phi) is 3.50. The first-order valence-electron chi connectivity index (χ1n) is 6.35. The summed E-state index contributed by atoms with van der Waals surface area (Å²) in [6, 6.07) is 5.73. The molecule has 0 amide bonds. The van der Waals surface area contributed by atoms with Crippen molar-refractivity contribution in [3.05, 3.63) is 29.3 Å². The molecule has 1 fully saturated rings. The summed E-state index contributed by atoms with van der Waals surface area (Å²) in [7, 11) is 1.88. The van der Waals surface area contributed by atoms with E-state index in [1.165, 1.54) is 0 Å². The second-order valence-corrected chi connectivity index (χ2v) is 5.10. The number of hydrogen-bond acceptors (Lipinski definition) is 3. The maximum atomic E-state index is 11.4. The maximum Gasteiger partial charge on any atom is 0.159 e. The molecular weight excluding hydrogens is 226 g/mol. The van der Waals surface area contributed by atoms with Crippen LogP contribution >= 0.6 is 0 Å². The monoisotopic (exact) mass is 245 g/mol. The van der Waals surface area contributed by atoms with Crippen LogP contribution in [0.3, 0.4) is 0 Å². The number of rotatable bonds is 5. The van der Waals surface area contributed by atoms with Crippen LogP contribution in [0, 0.1) is 11.8 Å². The van der Waals surface area contributed by atoms with E-state index >= 15 is 0 Å². The van der Waals surface area contributed by atoms with Crippen LogP contribution in [0.5, 0.6) is 0 Å². The van der Waals surface area contributed by atoms with Gasteiger partial charge in [0.15, 0.2) is 5.78 Å². The van der Waals surface area contributed by atoms with Gasteiger partial charge in [0.2, 0.25) is 0 Å². The summed E-state index contributed by atoms with van der Waals surface area (Å²) in [5.41, 5.74) is 2.93. The lowest BCUT2D eigenvalue weighted by Gasteiger charge is -2.10. The van der Waals surface area contributed by atoms with Crippen molar-refractivity contribution in [1.29, 1.82) is 0 Å². The fourth-order valence-electron chi connectivity index (χ4n) is 2.48. The van der Waals surface area contributed by atoms with Gasteiger partial charge in [0.05, 0.1) is 0 Å². The van der Waals surface area contributed by atoms with E-state index in [1.54, 1.807) is 13.8 Å². The first-order chi connectivity index (χ1) is 8.52. The zero-order valence-electron chi connectivity index (χ0n) is 11.1. The van der Waals surface area contributed by atoms with E-state index in [0.717, 1.165) is 29.7 Å². The predicted octanol–water partition coefficient (Wildman–Crippen LogP) is 2.70. The number of carbonyl (C=O) groups is 2. The van der Waals surface area contributed by atoms with Gasteiger partial charge in [0.25, 0.3) is 0 Å². The first kappa shape index (κ1) is 12.8. The van der Waals surface area contributed by atoms with Gasteiger partial charge < -0.3 is 5.32 Å². The standard InChI is InChI=1S/C15H19NO2/c1-9(17)11-4-5-15(16-3)13(6-11)7-12-8-14(12)10(2)18/h4-6,12,14,16H,7-8H2,1-3H3. The molecule has 0 aliphatic heterocycles. The van der Waals surface area contributed by atoms with Gasteiger partial charge in [-0.2, -0.15) is 0 Å². The zero-order chi connectivity index (χ0) is 13.3. The van der Waals surface area contributed by atoms with Crippen molar-refractivity contribution in [1.82, 2.24) is 0 Å². The van der Waals surface area contributed by atoms with Crippen LogP contribution in [-0.4, -0.2) is 18.6 Å². The molecular formula is C15H19NO2. The topological polar surface area (TPSA) is 46.2 Å². The molecule has 2 unspecified atom stereocenters. The molecule has 0 bridgehead atoms. The van der Waals surface area contributed by atoms with E-state index in [-0.39, 0.29) is 17.5 Å². The normalized spacial score (nSPS) is 21.5. The number of Topliss-reactive ketones (excluding diaryl/α,β-unsaturated/α-hetero) is 2. The van der Waals surface area contributed by atoms with Crippen LogP contribution in [0.1, 0.15) is 36.2 Å². The number of benzene rings is 1. The van der Waals surface area contributed by atoms with Gasteiger partial charge in [0, 0.05) is 24.2 Å². The smallest absolute Gasteiger partial charge is 0.159 e. The molecule has 3 nitrogen and oxygen atoms in total. The lowest BCUT2D eigenvalue weighted by molar-refractivity contribution is -0.118. The molecule has 0 saturated heterocycles. The third kappa shape index (κ3) is 2.61. The Labute approximate surface area is 108 Å². The summed E-state index contributed by atoms with van der Waals surface area (Å²) in [5, 5.41) is 3.14.